The first-order valence-electron chi connectivity index (χ1n) is 5.53. The van der Waals surface area contributed by atoms with Crippen molar-refractivity contribution in [1.29, 1.82) is 0 Å². The van der Waals surface area contributed by atoms with Crippen molar-refractivity contribution in [3.63, 3.8) is 0 Å². The number of anilines is 1. The summed E-state index contributed by atoms with van der Waals surface area (Å²) in [7, 11) is 0. The molecule has 0 bridgehead atoms. The zero-order valence-corrected chi connectivity index (χ0v) is 10.7. The number of nitrogens with zero attached hydrogens (tertiary/aromatic N) is 1. The Morgan fingerprint density at radius 2 is 2.17 bits per heavy atom. The topological polar surface area (TPSA) is 68.0 Å². The van der Waals surface area contributed by atoms with E-state index in [0.717, 1.165) is 10.9 Å². The molecule has 1 heterocycles. The van der Waals surface area contributed by atoms with E-state index in [2.05, 4.69) is 10.3 Å². The van der Waals surface area contributed by atoms with Crippen LogP contribution in [0.4, 0.5) is 5.69 Å². The van der Waals surface area contributed by atoms with Gasteiger partial charge >= 0.3 is 0 Å². The predicted octanol–water partition coefficient (Wildman–Crippen LogP) is 2.10. The number of rotatable bonds is 3. The molecular weight excluding hydrogens is 246 g/mol. The highest BCUT2D eigenvalue weighted by atomic mass is 32.1. The van der Waals surface area contributed by atoms with Crippen LogP contribution in [-0.2, 0) is 4.79 Å². The molecule has 4 nitrogen and oxygen atoms in total. The Balaban J connectivity index is 2.22. The molecule has 92 valence electrons. The molecule has 18 heavy (non-hydrogen) atoms. The molecule has 1 atom stereocenters. The average Bonchev–Trinajstić information content (AvgIpc) is 2.37. The van der Waals surface area contributed by atoms with Gasteiger partial charge < -0.3 is 11.1 Å². The van der Waals surface area contributed by atoms with E-state index >= 15 is 0 Å². The van der Waals surface area contributed by atoms with Gasteiger partial charge in [-0.3, -0.25) is 9.78 Å². The van der Waals surface area contributed by atoms with Gasteiger partial charge in [-0.1, -0.05) is 30.4 Å². The van der Waals surface area contributed by atoms with Crippen molar-refractivity contribution < 1.29 is 4.79 Å². The first-order valence-corrected chi connectivity index (χ1v) is 5.94. The molecule has 0 saturated heterocycles. The van der Waals surface area contributed by atoms with Crippen molar-refractivity contribution in [1.82, 2.24) is 4.98 Å². The molecule has 0 fully saturated rings. The molecule has 0 aliphatic carbocycles. The number of fused-ring (bicyclic) bond motifs is 1. The van der Waals surface area contributed by atoms with E-state index in [4.69, 9.17) is 18.0 Å². The highest BCUT2D eigenvalue weighted by molar-refractivity contribution is 7.80. The molecule has 1 aromatic heterocycles. The van der Waals surface area contributed by atoms with Gasteiger partial charge in [0.25, 0.3) is 0 Å². The van der Waals surface area contributed by atoms with Crippen LogP contribution in [0.25, 0.3) is 10.9 Å². The largest absolute Gasteiger partial charge is 0.393 e. The first kappa shape index (κ1) is 12.4. The standard InChI is InChI=1S/C13H13N3OS/c1-8(12(14)18)13(17)16-10-6-9-4-2-3-5-11(9)15-7-10/h2-8H,1H3,(H2,14,18)(H,16,17). The highest BCUT2D eigenvalue weighted by Gasteiger charge is 2.15. The SMILES string of the molecule is CC(C(=O)Nc1cnc2ccccc2c1)C(N)=S. The van der Waals surface area contributed by atoms with Crippen molar-refractivity contribution >= 4 is 39.7 Å². The van der Waals surface area contributed by atoms with Gasteiger partial charge in [0.2, 0.25) is 5.91 Å². The minimum Gasteiger partial charge on any atom is -0.393 e. The Kier molecular flexibility index (Phi) is 3.53. The lowest BCUT2D eigenvalue weighted by Gasteiger charge is -2.10. The minimum atomic E-state index is -0.494. The summed E-state index contributed by atoms with van der Waals surface area (Å²) in [6.45, 7) is 1.67. The Labute approximate surface area is 110 Å². The van der Waals surface area contributed by atoms with Gasteiger partial charge in [0.05, 0.1) is 28.3 Å². The van der Waals surface area contributed by atoms with Crippen molar-refractivity contribution in [2.24, 2.45) is 11.7 Å². The summed E-state index contributed by atoms with van der Waals surface area (Å²) in [6, 6.07) is 9.57. The van der Waals surface area contributed by atoms with Crippen LogP contribution in [0.15, 0.2) is 36.5 Å². The molecule has 0 radical (unpaired) electrons. The Bertz CT molecular complexity index is 612. The Morgan fingerprint density at radius 1 is 1.44 bits per heavy atom. The van der Waals surface area contributed by atoms with E-state index in [1.165, 1.54) is 0 Å². The van der Waals surface area contributed by atoms with E-state index in [9.17, 15) is 4.79 Å². The molecule has 5 heteroatoms. The molecule has 3 N–H and O–H groups in total. The first-order chi connectivity index (χ1) is 8.58. The van der Waals surface area contributed by atoms with Crippen LogP contribution in [0, 0.1) is 5.92 Å². The van der Waals surface area contributed by atoms with E-state index < -0.39 is 5.92 Å². The van der Waals surface area contributed by atoms with Gasteiger partial charge in [0.15, 0.2) is 0 Å². The highest BCUT2D eigenvalue weighted by Crippen LogP contribution is 2.16. The second kappa shape index (κ2) is 5.10. The molecule has 0 saturated carbocycles. The van der Waals surface area contributed by atoms with E-state index in [1.807, 2.05) is 30.3 Å². The van der Waals surface area contributed by atoms with E-state index in [-0.39, 0.29) is 10.9 Å². The van der Waals surface area contributed by atoms with Crippen LogP contribution in [0.5, 0.6) is 0 Å². The Morgan fingerprint density at radius 3 is 2.89 bits per heavy atom. The van der Waals surface area contributed by atoms with Gasteiger partial charge in [-0.25, -0.2) is 0 Å². The molecule has 1 unspecified atom stereocenters. The number of nitrogens with two attached hydrogens (primary N) is 1. The number of para-hydroxylation sites is 1. The maximum Gasteiger partial charge on any atom is 0.234 e. The van der Waals surface area contributed by atoms with Gasteiger partial charge in [-0.2, -0.15) is 0 Å². The molecule has 0 spiro atoms. The third kappa shape index (κ3) is 2.62. The van der Waals surface area contributed by atoms with Gasteiger partial charge in [0, 0.05) is 5.39 Å². The number of hydrogen-bond donors (Lipinski definition) is 2. The fourth-order valence-electron chi connectivity index (χ4n) is 1.52. The zero-order valence-electron chi connectivity index (χ0n) is 9.88. The van der Waals surface area contributed by atoms with E-state index in [0.29, 0.717) is 5.69 Å². The quantitative estimate of drug-likeness (QED) is 0.828. The van der Waals surface area contributed by atoms with Crippen molar-refractivity contribution in [2.45, 2.75) is 6.92 Å². The second-order valence-electron chi connectivity index (χ2n) is 4.03. The van der Waals surface area contributed by atoms with Crippen LogP contribution in [-0.4, -0.2) is 15.9 Å². The summed E-state index contributed by atoms with van der Waals surface area (Å²) >= 11 is 4.79. The monoisotopic (exact) mass is 259 g/mol. The summed E-state index contributed by atoms with van der Waals surface area (Å²) < 4.78 is 0. The maximum atomic E-state index is 11.8. The number of carbonyl (C=O) groups is 1. The normalized spacial score (nSPS) is 12.1. The number of carbonyl (C=O) groups excluding carboxylic acids is 1. The second-order valence-corrected chi connectivity index (χ2v) is 4.50. The van der Waals surface area contributed by atoms with Crippen molar-refractivity contribution in [3.05, 3.63) is 36.5 Å². The average molecular weight is 259 g/mol. The fraction of sp³-hybridized carbons (Fsp3) is 0.154. The molecule has 0 aliphatic rings. The number of nitrogens with one attached hydrogen (secondary N) is 1. The van der Waals surface area contributed by atoms with Crippen LogP contribution in [0.1, 0.15) is 6.92 Å². The maximum absolute atomic E-state index is 11.8. The van der Waals surface area contributed by atoms with Crippen molar-refractivity contribution in [2.75, 3.05) is 5.32 Å². The third-order valence-electron chi connectivity index (χ3n) is 2.68. The van der Waals surface area contributed by atoms with Gasteiger partial charge in [-0.05, 0) is 19.1 Å². The van der Waals surface area contributed by atoms with Crippen LogP contribution in [0.2, 0.25) is 0 Å². The number of benzene rings is 1. The summed E-state index contributed by atoms with van der Waals surface area (Å²) in [5.74, 6) is -0.717. The van der Waals surface area contributed by atoms with Crippen LogP contribution in [0.3, 0.4) is 0 Å². The number of pyridine rings is 1. The molecule has 1 amide bonds. The van der Waals surface area contributed by atoms with Gasteiger partial charge in [-0.15, -0.1) is 0 Å². The fourth-order valence-corrected chi connectivity index (χ4v) is 1.63. The summed E-state index contributed by atoms with van der Waals surface area (Å²) in [5, 5.41) is 3.72. The molecule has 2 aromatic rings. The molecule has 1 aromatic carbocycles. The summed E-state index contributed by atoms with van der Waals surface area (Å²) in [5.41, 5.74) is 6.96. The number of amides is 1. The molecule has 2 rings (SSSR count). The lowest BCUT2D eigenvalue weighted by Crippen LogP contribution is -2.30. The number of thiocarbonyl (C=S) groups is 1. The predicted molar refractivity (Wildman–Crippen MR) is 76.3 cm³/mol. The van der Waals surface area contributed by atoms with Crippen LogP contribution < -0.4 is 11.1 Å². The molecular formula is C13H13N3OS. The molecule has 0 aliphatic heterocycles. The van der Waals surface area contributed by atoms with E-state index in [1.54, 1.807) is 13.1 Å². The minimum absolute atomic E-state index is 0.182. The third-order valence-corrected chi connectivity index (χ3v) is 3.03. The lowest BCUT2D eigenvalue weighted by atomic mass is 10.1. The summed E-state index contributed by atoms with van der Waals surface area (Å²) in [4.78, 5) is 16.2. The summed E-state index contributed by atoms with van der Waals surface area (Å²) in [6.07, 6.45) is 1.62. The smallest absolute Gasteiger partial charge is 0.234 e. The lowest BCUT2D eigenvalue weighted by molar-refractivity contribution is -0.117. The zero-order chi connectivity index (χ0) is 13.1. The van der Waals surface area contributed by atoms with Crippen LogP contribution >= 0.6 is 12.2 Å². The van der Waals surface area contributed by atoms with Gasteiger partial charge in [0.1, 0.15) is 0 Å². The number of aromatic nitrogens is 1. The van der Waals surface area contributed by atoms with Crippen molar-refractivity contribution in [3.8, 4) is 0 Å². The number of hydrogen-bond acceptors (Lipinski definition) is 3. The Hall–Kier alpha value is -2.01.